The van der Waals surface area contributed by atoms with Gasteiger partial charge in [-0.25, -0.2) is 0 Å². The predicted molar refractivity (Wildman–Crippen MR) is 133 cm³/mol. The standard InChI is InChI=1S/C28H25NOS/c1-21(12-11-15-23-13-5-3-6-14-23)28(30)29(24-16-7-4-8-17-24)20-27-22(2)25-18-9-10-19-26(25)31-27/h3-19H,20H2,1-2H3/b15-11+,21-12+. The van der Waals surface area contributed by atoms with E-state index in [4.69, 9.17) is 0 Å². The summed E-state index contributed by atoms with van der Waals surface area (Å²) in [5, 5.41) is 1.26. The van der Waals surface area contributed by atoms with E-state index < -0.39 is 0 Å². The average Bonchev–Trinajstić information content (AvgIpc) is 3.13. The summed E-state index contributed by atoms with van der Waals surface area (Å²) >= 11 is 1.76. The summed E-state index contributed by atoms with van der Waals surface area (Å²) in [5.74, 6) is 0.0146. The molecule has 0 saturated carbocycles. The molecule has 31 heavy (non-hydrogen) atoms. The van der Waals surface area contributed by atoms with E-state index >= 15 is 0 Å². The smallest absolute Gasteiger partial charge is 0.254 e. The van der Waals surface area contributed by atoms with Crippen molar-refractivity contribution in [3.8, 4) is 0 Å². The maximum Gasteiger partial charge on any atom is 0.254 e. The number of carbonyl (C=O) groups excluding carboxylic acids is 1. The zero-order chi connectivity index (χ0) is 21.6. The largest absolute Gasteiger partial charge is 0.303 e. The van der Waals surface area contributed by atoms with Crippen LogP contribution >= 0.6 is 11.3 Å². The summed E-state index contributed by atoms with van der Waals surface area (Å²) in [6, 6.07) is 28.4. The lowest BCUT2D eigenvalue weighted by Crippen LogP contribution is -2.30. The Morgan fingerprint density at radius 2 is 1.55 bits per heavy atom. The van der Waals surface area contributed by atoms with E-state index in [1.165, 1.54) is 20.5 Å². The fourth-order valence-electron chi connectivity index (χ4n) is 3.56. The molecule has 0 unspecified atom stereocenters. The zero-order valence-corrected chi connectivity index (χ0v) is 18.6. The number of hydrogen-bond donors (Lipinski definition) is 0. The van der Waals surface area contributed by atoms with Crippen LogP contribution in [0.4, 0.5) is 5.69 Å². The normalized spacial score (nSPS) is 11.9. The van der Waals surface area contributed by atoms with Gasteiger partial charge in [0.25, 0.3) is 5.91 Å². The minimum absolute atomic E-state index is 0.0146. The third-order valence-electron chi connectivity index (χ3n) is 5.33. The maximum absolute atomic E-state index is 13.4. The monoisotopic (exact) mass is 423 g/mol. The lowest BCUT2D eigenvalue weighted by Gasteiger charge is -2.23. The summed E-state index contributed by atoms with van der Waals surface area (Å²) in [4.78, 5) is 16.5. The van der Waals surface area contributed by atoms with Crippen molar-refractivity contribution < 1.29 is 4.79 Å². The van der Waals surface area contributed by atoms with Crippen molar-refractivity contribution in [1.29, 1.82) is 0 Å². The summed E-state index contributed by atoms with van der Waals surface area (Å²) in [6.07, 6.45) is 5.85. The minimum atomic E-state index is 0.0146. The van der Waals surface area contributed by atoms with Crippen LogP contribution in [0.2, 0.25) is 0 Å². The van der Waals surface area contributed by atoms with Crippen LogP contribution < -0.4 is 4.90 Å². The van der Waals surface area contributed by atoms with Gasteiger partial charge in [0.1, 0.15) is 0 Å². The topological polar surface area (TPSA) is 20.3 Å². The fraction of sp³-hybridized carbons (Fsp3) is 0.107. The second-order valence-corrected chi connectivity index (χ2v) is 8.63. The molecule has 0 fully saturated rings. The van der Waals surface area contributed by atoms with E-state index in [9.17, 15) is 4.79 Å². The molecule has 1 aromatic heterocycles. The number of thiophene rings is 1. The third-order valence-corrected chi connectivity index (χ3v) is 6.59. The Morgan fingerprint density at radius 3 is 2.26 bits per heavy atom. The van der Waals surface area contributed by atoms with Crippen molar-refractivity contribution in [2.45, 2.75) is 20.4 Å². The molecule has 0 aliphatic carbocycles. The van der Waals surface area contributed by atoms with E-state index in [1.807, 2.05) is 90.7 Å². The van der Waals surface area contributed by atoms with Gasteiger partial charge in [0, 0.05) is 20.8 Å². The van der Waals surface area contributed by atoms with Gasteiger partial charge in [0.15, 0.2) is 0 Å². The van der Waals surface area contributed by atoms with Crippen LogP contribution in [0.25, 0.3) is 16.2 Å². The Hall–Kier alpha value is -3.43. The highest BCUT2D eigenvalue weighted by molar-refractivity contribution is 7.19. The van der Waals surface area contributed by atoms with E-state index in [2.05, 4.69) is 31.2 Å². The van der Waals surface area contributed by atoms with Crippen molar-refractivity contribution in [1.82, 2.24) is 0 Å². The number of hydrogen-bond acceptors (Lipinski definition) is 2. The molecule has 0 saturated heterocycles. The molecule has 3 heteroatoms. The molecule has 3 aromatic carbocycles. The molecule has 1 amide bonds. The van der Waals surface area contributed by atoms with Crippen LogP contribution in [0.1, 0.15) is 22.9 Å². The van der Waals surface area contributed by atoms with Gasteiger partial charge in [-0.3, -0.25) is 4.79 Å². The first-order valence-electron chi connectivity index (χ1n) is 10.4. The highest BCUT2D eigenvalue weighted by Crippen LogP contribution is 2.32. The van der Waals surface area contributed by atoms with Crippen molar-refractivity contribution in [2.75, 3.05) is 4.90 Å². The molecular weight excluding hydrogens is 398 g/mol. The molecule has 4 rings (SSSR count). The Kier molecular flexibility index (Phi) is 6.44. The van der Waals surface area contributed by atoms with Gasteiger partial charge >= 0.3 is 0 Å². The quantitative estimate of drug-likeness (QED) is 0.234. The number of rotatable bonds is 6. The maximum atomic E-state index is 13.4. The zero-order valence-electron chi connectivity index (χ0n) is 17.8. The van der Waals surface area contributed by atoms with Gasteiger partial charge in [0.05, 0.1) is 6.54 Å². The summed E-state index contributed by atoms with van der Waals surface area (Å²) in [5.41, 5.74) is 3.97. The number of fused-ring (bicyclic) bond motifs is 1. The molecule has 1 heterocycles. The van der Waals surface area contributed by atoms with E-state index in [-0.39, 0.29) is 5.91 Å². The second kappa shape index (κ2) is 9.59. The number of para-hydroxylation sites is 1. The van der Waals surface area contributed by atoms with Gasteiger partial charge in [-0.15, -0.1) is 11.3 Å². The molecule has 0 aliphatic rings. The Morgan fingerprint density at radius 1 is 0.903 bits per heavy atom. The predicted octanol–water partition coefficient (Wildman–Crippen LogP) is 7.40. The van der Waals surface area contributed by atoms with Crippen LogP contribution in [-0.4, -0.2) is 5.91 Å². The molecule has 0 spiro atoms. The number of anilines is 1. The van der Waals surface area contributed by atoms with Crippen LogP contribution in [0, 0.1) is 6.92 Å². The van der Waals surface area contributed by atoms with Crippen molar-refractivity contribution in [3.05, 3.63) is 119 Å². The summed E-state index contributed by atoms with van der Waals surface area (Å²) < 4.78 is 1.26. The van der Waals surface area contributed by atoms with Gasteiger partial charge in [0.2, 0.25) is 0 Å². The Bertz CT molecular complexity index is 1240. The SMILES string of the molecule is C/C(=C\C=C\c1ccccc1)C(=O)N(Cc1sc2ccccc2c1C)c1ccccc1. The molecule has 154 valence electrons. The first kappa shape index (κ1) is 20.8. The van der Waals surface area contributed by atoms with Crippen molar-refractivity contribution in [3.63, 3.8) is 0 Å². The number of nitrogens with zero attached hydrogens (tertiary/aromatic N) is 1. The van der Waals surface area contributed by atoms with E-state index in [0.29, 0.717) is 12.1 Å². The van der Waals surface area contributed by atoms with E-state index in [1.54, 1.807) is 11.3 Å². The Balaban J connectivity index is 1.63. The lowest BCUT2D eigenvalue weighted by atomic mass is 10.1. The fourth-order valence-corrected chi connectivity index (χ4v) is 4.76. The first-order valence-corrected chi connectivity index (χ1v) is 11.2. The Labute approximate surface area is 187 Å². The molecule has 0 N–H and O–H groups in total. The number of amides is 1. The lowest BCUT2D eigenvalue weighted by molar-refractivity contribution is -0.115. The second-order valence-electron chi connectivity index (χ2n) is 7.49. The first-order chi connectivity index (χ1) is 15.1. The van der Waals surface area contributed by atoms with Crippen LogP contribution in [-0.2, 0) is 11.3 Å². The van der Waals surface area contributed by atoms with E-state index in [0.717, 1.165) is 11.3 Å². The van der Waals surface area contributed by atoms with Crippen LogP contribution in [0.5, 0.6) is 0 Å². The summed E-state index contributed by atoms with van der Waals surface area (Å²) in [7, 11) is 0. The van der Waals surface area contributed by atoms with Crippen LogP contribution in [0.15, 0.2) is 103 Å². The molecule has 4 aromatic rings. The van der Waals surface area contributed by atoms with Gasteiger partial charge in [-0.05, 0) is 48.6 Å². The highest BCUT2D eigenvalue weighted by Gasteiger charge is 2.20. The third kappa shape index (κ3) is 4.84. The average molecular weight is 424 g/mol. The number of benzene rings is 3. The highest BCUT2D eigenvalue weighted by atomic mass is 32.1. The number of allylic oxidation sites excluding steroid dienone is 2. The van der Waals surface area contributed by atoms with Gasteiger partial charge in [-0.1, -0.05) is 85.0 Å². The molecule has 0 radical (unpaired) electrons. The molecule has 2 nitrogen and oxygen atoms in total. The minimum Gasteiger partial charge on any atom is -0.303 e. The molecule has 0 bridgehead atoms. The molecule has 0 aliphatic heterocycles. The van der Waals surface area contributed by atoms with Crippen LogP contribution in [0.3, 0.4) is 0 Å². The van der Waals surface area contributed by atoms with Gasteiger partial charge in [-0.2, -0.15) is 0 Å². The number of aryl methyl sites for hydroxylation is 1. The van der Waals surface area contributed by atoms with Crippen molar-refractivity contribution in [2.24, 2.45) is 0 Å². The number of carbonyl (C=O) groups is 1. The van der Waals surface area contributed by atoms with Crippen molar-refractivity contribution >= 4 is 39.1 Å². The summed E-state index contributed by atoms with van der Waals surface area (Å²) in [6.45, 7) is 4.58. The van der Waals surface area contributed by atoms with Gasteiger partial charge < -0.3 is 4.90 Å². The molecule has 0 atom stereocenters. The molecular formula is C28H25NOS.